The number of furan rings is 1. The van der Waals surface area contributed by atoms with Crippen LogP contribution >= 0.6 is 11.6 Å². The van der Waals surface area contributed by atoms with Gasteiger partial charge in [0, 0.05) is 30.6 Å². The molecular formula is C25H29ClN4O3. The van der Waals surface area contributed by atoms with Crippen molar-refractivity contribution >= 4 is 17.5 Å². The number of aryl methyl sites for hydroxylation is 2. The maximum absolute atomic E-state index is 13.3. The van der Waals surface area contributed by atoms with Crippen LogP contribution in [0.5, 0.6) is 0 Å². The number of morpholine rings is 1. The van der Waals surface area contributed by atoms with E-state index < -0.39 is 0 Å². The third-order valence-corrected chi connectivity index (χ3v) is 6.85. The molecular weight excluding hydrogens is 440 g/mol. The number of aromatic nitrogens is 2. The molecule has 1 aromatic carbocycles. The summed E-state index contributed by atoms with van der Waals surface area (Å²) in [6.45, 7) is 7.34. The van der Waals surface area contributed by atoms with Gasteiger partial charge in [0.25, 0.3) is 5.91 Å². The van der Waals surface area contributed by atoms with Gasteiger partial charge in [0.05, 0.1) is 42.4 Å². The number of nitrogens with zero attached hydrogens (tertiary/aromatic N) is 3. The average Bonchev–Trinajstić information content (AvgIpc) is 3.42. The van der Waals surface area contributed by atoms with Crippen LogP contribution < -0.4 is 5.32 Å². The van der Waals surface area contributed by atoms with Crippen molar-refractivity contribution in [3.05, 3.63) is 69.9 Å². The summed E-state index contributed by atoms with van der Waals surface area (Å²) in [5, 5.41) is 8.41. The quantitative estimate of drug-likeness (QED) is 0.555. The predicted octanol–water partition coefficient (Wildman–Crippen LogP) is 4.42. The first-order chi connectivity index (χ1) is 16.0. The van der Waals surface area contributed by atoms with Gasteiger partial charge in [0.15, 0.2) is 0 Å². The van der Waals surface area contributed by atoms with Crippen molar-refractivity contribution in [2.24, 2.45) is 0 Å². The van der Waals surface area contributed by atoms with Crippen LogP contribution in [0.3, 0.4) is 0 Å². The van der Waals surface area contributed by atoms with Gasteiger partial charge < -0.3 is 14.5 Å². The maximum atomic E-state index is 13.3. The van der Waals surface area contributed by atoms with Gasteiger partial charge in [-0.3, -0.25) is 9.69 Å². The molecule has 1 aliphatic carbocycles. The SMILES string of the molecule is Cc1ccc(C(CNC(=O)c2cnn(-c3ccc(C)c(Cl)c3)c2C2CC2)N2CCOCC2)o1. The monoisotopic (exact) mass is 468 g/mol. The second kappa shape index (κ2) is 9.33. The molecule has 1 N–H and O–H groups in total. The van der Waals surface area contributed by atoms with E-state index in [0.29, 0.717) is 36.3 Å². The van der Waals surface area contributed by atoms with Gasteiger partial charge in [-0.05, 0) is 56.5 Å². The summed E-state index contributed by atoms with van der Waals surface area (Å²) < 4.78 is 13.3. The van der Waals surface area contributed by atoms with Crippen LogP contribution in [0.4, 0.5) is 0 Å². The van der Waals surface area contributed by atoms with Gasteiger partial charge in [-0.2, -0.15) is 5.10 Å². The fraction of sp³-hybridized carbons (Fsp3) is 0.440. The van der Waals surface area contributed by atoms with Gasteiger partial charge in [-0.25, -0.2) is 4.68 Å². The molecule has 0 bridgehead atoms. The van der Waals surface area contributed by atoms with E-state index >= 15 is 0 Å². The first-order valence-electron chi connectivity index (χ1n) is 11.5. The molecule has 3 aromatic rings. The summed E-state index contributed by atoms with van der Waals surface area (Å²) in [5.41, 5.74) is 3.49. The molecule has 8 heteroatoms. The van der Waals surface area contributed by atoms with E-state index in [1.807, 2.05) is 48.9 Å². The number of carbonyl (C=O) groups is 1. The molecule has 5 rings (SSSR count). The molecule has 3 heterocycles. The number of amides is 1. The minimum Gasteiger partial charge on any atom is -0.465 e. The second-order valence-corrected chi connectivity index (χ2v) is 9.29. The molecule has 174 valence electrons. The van der Waals surface area contributed by atoms with Gasteiger partial charge in [-0.15, -0.1) is 0 Å². The highest BCUT2D eigenvalue weighted by molar-refractivity contribution is 6.31. The summed E-state index contributed by atoms with van der Waals surface area (Å²) >= 11 is 6.36. The van der Waals surface area contributed by atoms with Crippen molar-refractivity contribution in [1.82, 2.24) is 20.0 Å². The molecule has 1 atom stereocenters. The Hall–Kier alpha value is -2.61. The Bertz CT molecular complexity index is 1140. The molecule has 1 unspecified atom stereocenters. The van der Waals surface area contributed by atoms with E-state index in [-0.39, 0.29) is 11.9 Å². The Labute approximate surface area is 198 Å². The number of rotatable bonds is 7. The number of nitrogens with one attached hydrogen (secondary N) is 1. The van der Waals surface area contributed by atoms with Crippen molar-refractivity contribution in [3.63, 3.8) is 0 Å². The number of benzene rings is 1. The lowest BCUT2D eigenvalue weighted by atomic mass is 10.1. The van der Waals surface area contributed by atoms with Crippen LogP contribution in [0.25, 0.3) is 5.69 Å². The fourth-order valence-corrected chi connectivity index (χ4v) is 4.59. The van der Waals surface area contributed by atoms with E-state index in [1.165, 1.54) is 0 Å². The highest BCUT2D eigenvalue weighted by Crippen LogP contribution is 2.42. The zero-order valence-corrected chi connectivity index (χ0v) is 19.8. The van der Waals surface area contributed by atoms with Crippen LogP contribution in [0, 0.1) is 13.8 Å². The highest BCUT2D eigenvalue weighted by Gasteiger charge is 2.33. The Morgan fingerprint density at radius 1 is 1.21 bits per heavy atom. The molecule has 1 amide bonds. The minimum absolute atomic E-state index is 0.0399. The third kappa shape index (κ3) is 4.71. The normalized spacial score (nSPS) is 17.8. The predicted molar refractivity (Wildman–Crippen MR) is 126 cm³/mol. The first-order valence-corrected chi connectivity index (χ1v) is 11.9. The molecule has 7 nitrogen and oxygen atoms in total. The van der Waals surface area contributed by atoms with E-state index in [4.69, 9.17) is 20.8 Å². The molecule has 0 radical (unpaired) electrons. The summed E-state index contributed by atoms with van der Waals surface area (Å²) in [6, 6.07) is 9.80. The van der Waals surface area contributed by atoms with Gasteiger partial charge >= 0.3 is 0 Å². The lowest BCUT2D eigenvalue weighted by Crippen LogP contribution is -2.43. The summed E-state index contributed by atoms with van der Waals surface area (Å²) in [5.74, 6) is 1.96. The Balaban J connectivity index is 1.37. The topological polar surface area (TPSA) is 72.5 Å². The van der Waals surface area contributed by atoms with Crippen LogP contribution in [-0.2, 0) is 4.74 Å². The Morgan fingerprint density at radius 2 is 2.00 bits per heavy atom. The van der Waals surface area contributed by atoms with Crippen molar-refractivity contribution in [3.8, 4) is 5.69 Å². The lowest BCUT2D eigenvalue weighted by Gasteiger charge is -2.33. The smallest absolute Gasteiger partial charge is 0.254 e. The van der Waals surface area contributed by atoms with Crippen molar-refractivity contribution < 1.29 is 13.9 Å². The molecule has 2 aliphatic rings. The molecule has 33 heavy (non-hydrogen) atoms. The zero-order valence-electron chi connectivity index (χ0n) is 19.0. The van der Waals surface area contributed by atoms with Crippen LogP contribution in [0.1, 0.15) is 57.9 Å². The maximum Gasteiger partial charge on any atom is 0.254 e. The van der Waals surface area contributed by atoms with Gasteiger partial charge in [0.2, 0.25) is 0 Å². The summed E-state index contributed by atoms with van der Waals surface area (Å²) in [7, 11) is 0. The highest BCUT2D eigenvalue weighted by atomic mass is 35.5. The Kier molecular flexibility index (Phi) is 6.27. The second-order valence-electron chi connectivity index (χ2n) is 8.89. The van der Waals surface area contributed by atoms with E-state index in [2.05, 4.69) is 15.3 Å². The molecule has 1 saturated heterocycles. The molecule has 1 saturated carbocycles. The number of ether oxygens (including phenoxy) is 1. The largest absolute Gasteiger partial charge is 0.465 e. The van der Waals surface area contributed by atoms with Gasteiger partial charge in [-0.1, -0.05) is 17.7 Å². The van der Waals surface area contributed by atoms with Crippen LogP contribution in [-0.4, -0.2) is 53.4 Å². The Morgan fingerprint density at radius 3 is 2.67 bits per heavy atom. The van der Waals surface area contributed by atoms with E-state index in [0.717, 1.165) is 54.4 Å². The van der Waals surface area contributed by atoms with Gasteiger partial charge in [0.1, 0.15) is 11.5 Å². The van der Waals surface area contributed by atoms with Crippen molar-refractivity contribution in [2.45, 2.75) is 38.6 Å². The molecule has 0 spiro atoms. The minimum atomic E-state index is -0.108. The molecule has 2 fully saturated rings. The third-order valence-electron chi connectivity index (χ3n) is 6.45. The van der Waals surface area contributed by atoms with Crippen LogP contribution in [0.15, 0.2) is 40.9 Å². The average molecular weight is 469 g/mol. The number of hydrogen-bond acceptors (Lipinski definition) is 5. The van der Waals surface area contributed by atoms with Crippen molar-refractivity contribution in [1.29, 1.82) is 0 Å². The number of hydrogen-bond donors (Lipinski definition) is 1. The van der Waals surface area contributed by atoms with E-state index in [9.17, 15) is 4.79 Å². The first kappa shape index (κ1) is 22.2. The van der Waals surface area contributed by atoms with E-state index in [1.54, 1.807) is 6.20 Å². The number of carbonyl (C=O) groups excluding carboxylic acids is 1. The summed E-state index contributed by atoms with van der Waals surface area (Å²) in [6.07, 6.45) is 3.80. The number of halogens is 1. The van der Waals surface area contributed by atoms with Crippen molar-refractivity contribution in [2.75, 3.05) is 32.8 Å². The fourth-order valence-electron chi connectivity index (χ4n) is 4.42. The summed E-state index contributed by atoms with van der Waals surface area (Å²) in [4.78, 5) is 15.6. The molecule has 1 aliphatic heterocycles. The van der Waals surface area contributed by atoms with Crippen LogP contribution in [0.2, 0.25) is 5.02 Å². The lowest BCUT2D eigenvalue weighted by molar-refractivity contribution is 0.0117. The molecule has 2 aromatic heterocycles. The standard InChI is InChI=1S/C25H29ClN4O3/c1-16-3-7-19(13-21(16)26)30-24(18-5-6-18)20(14-28-30)25(31)27-15-22(23-8-4-17(2)33-23)29-9-11-32-12-10-29/h3-4,7-8,13-14,18,22H,5-6,9-12,15H2,1-2H3,(H,27,31). The zero-order chi connectivity index (χ0) is 22.9.